The van der Waals surface area contributed by atoms with Gasteiger partial charge < -0.3 is 9.73 Å². The fraction of sp³-hybridized carbons (Fsp3) is 0.0800. The minimum atomic E-state index is -0.294. The first-order valence-corrected chi connectivity index (χ1v) is 11.2. The molecule has 1 N–H and O–H groups in total. The average molecular weight is 455 g/mol. The fourth-order valence-corrected chi connectivity index (χ4v) is 4.22. The van der Waals surface area contributed by atoms with Crippen molar-refractivity contribution >= 4 is 34.9 Å². The van der Waals surface area contributed by atoms with Crippen molar-refractivity contribution in [1.82, 2.24) is 10.2 Å². The van der Waals surface area contributed by atoms with Crippen molar-refractivity contribution in [3.63, 3.8) is 0 Å². The van der Waals surface area contributed by atoms with E-state index in [9.17, 15) is 14.4 Å². The highest BCUT2D eigenvalue weighted by molar-refractivity contribution is 7.99. The molecule has 7 nitrogen and oxygen atoms in total. The Morgan fingerprint density at radius 2 is 1.48 bits per heavy atom. The van der Waals surface area contributed by atoms with E-state index in [1.54, 1.807) is 42.5 Å². The van der Waals surface area contributed by atoms with E-state index in [4.69, 9.17) is 4.42 Å². The third kappa shape index (κ3) is 4.33. The van der Waals surface area contributed by atoms with E-state index in [2.05, 4.69) is 15.5 Å². The zero-order valence-corrected chi connectivity index (χ0v) is 18.1. The zero-order valence-electron chi connectivity index (χ0n) is 17.3. The topological polar surface area (TPSA) is 102 Å². The minimum Gasteiger partial charge on any atom is -0.416 e. The maximum Gasteiger partial charge on any atom is 0.277 e. The van der Waals surface area contributed by atoms with Gasteiger partial charge in [0, 0.05) is 27.9 Å². The predicted octanol–water partition coefficient (Wildman–Crippen LogP) is 4.17. The number of hydrogen-bond donors (Lipinski definition) is 1. The lowest BCUT2D eigenvalue weighted by atomic mass is 9.84. The van der Waals surface area contributed by atoms with Crippen LogP contribution < -0.4 is 5.32 Å². The van der Waals surface area contributed by atoms with E-state index in [0.717, 1.165) is 17.3 Å². The first-order chi connectivity index (χ1) is 16.1. The molecule has 0 radical (unpaired) electrons. The molecule has 5 rings (SSSR count). The Kier molecular flexibility index (Phi) is 5.58. The van der Waals surface area contributed by atoms with Crippen LogP contribution >= 0.6 is 11.8 Å². The van der Waals surface area contributed by atoms with Gasteiger partial charge in [0.1, 0.15) is 0 Å². The Balaban J connectivity index is 1.22. The normalized spacial score (nSPS) is 12.2. The Bertz CT molecular complexity index is 1380. The van der Waals surface area contributed by atoms with Crippen molar-refractivity contribution in [1.29, 1.82) is 0 Å². The summed E-state index contributed by atoms with van der Waals surface area (Å²) in [7, 11) is 0. The summed E-state index contributed by atoms with van der Waals surface area (Å²) in [5.41, 5.74) is 2.88. The highest BCUT2D eigenvalue weighted by Crippen LogP contribution is 2.29. The second kappa shape index (κ2) is 8.84. The summed E-state index contributed by atoms with van der Waals surface area (Å²) in [5.74, 6) is -0.196. The van der Waals surface area contributed by atoms with Gasteiger partial charge in [0.25, 0.3) is 5.22 Å². The predicted molar refractivity (Wildman–Crippen MR) is 123 cm³/mol. The maximum atomic E-state index is 12.8. The molecule has 0 aliphatic heterocycles. The molecule has 1 aromatic heterocycles. The third-order valence-corrected chi connectivity index (χ3v) is 6.00. The molecule has 162 valence electrons. The van der Waals surface area contributed by atoms with E-state index in [1.807, 2.05) is 30.3 Å². The molecular formula is C25H17N3O4S. The number of ketones is 2. The molecule has 0 atom stereocenters. The molecule has 1 aliphatic carbocycles. The number of rotatable bonds is 6. The summed E-state index contributed by atoms with van der Waals surface area (Å²) in [6.07, 6.45) is 0.519. The number of nitrogens with one attached hydrogen (secondary N) is 1. The molecule has 1 aliphatic rings. The van der Waals surface area contributed by atoms with Gasteiger partial charge in [-0.05, 0) is 23.8 Å². The molecule has 0 unspecified atom stereocenters. The molecule has 0 spiro atoms. The first kappa shape index (κ1) is 20.8. The average Bonchev–Trinajstić information content (AvgIpc) is 3.29. The summed E-state index contributed by atoms with van der Waals surface area (Å²) in [4.78, 5) is 38.0. The molecule has 0 saturated carbocycles. The second-order valence-electron chi connectivity index (χ2n) is 7.43. The maximum absolute atomic E-state index is 12.8. The lowest BCUT2D eigenvalue weighted by Gasteiger charge is -2.18. The first-order valence-electron chi connectivity index (χ1n) is 10.2. The second-order valence-corrected chi connectivity index (χ2v) is 8.35. The Morgan fingerprint density at radius 1 is 0.818 bits per heavy atom. The number of hydrogen-bond acceptors (Lipinski definition) is 7. The van der Waals surface area contributed by atoms with Gasteiger partial charge in [-0.25, -0.2) is 0 Å². The third-order valence-electron chi connectivity index (χ3n) is 5.18. The van der Waals surface area contributed by atoms with Crippen LogP contribution in [0.4, 0.5) is 5.69 Å². The van der Waals surface area contributed by atoms with Gasteiger partial charge in [-0.15, -0.1) is 10.2 Å². The van der Waals surface area contributed by atoms with E-state index in [1.165, 1.54) is 0 Å². The number of benzene rings is 3. The fourth-order valence-electron chi connectivity index (χ4n) is 3.64. The van der Waals surface area contributed by atoms with Crippen molar-refractivity contribution < 1.29 is 18.8 Å². The van der Waals surface area contributed by atoms with Crippen LogP contribution in [0, 0.1) is 0 Å². The molecule has 8 heteroatoms. The van der Waals surface area contributed by atoms with Gasteiger partial charge in [-0.2, -0.15) is 0 Å². The van der Waals surface area contributed by atoms with Crippen LogP contribution in [0.3, 0.4) is 0 Å². The highest BCUT2D eigenvalue weighted by Gasteiger charge is 2.29. The van der Waals surface area contributed by atoms with Crippen LogP contribution in [-0.2, 0) is 11.2 Å². The van der Waals surface area contributed by atoms with E-state index in [0.29, 0.717) is 39.9 Å². The number of thioether (sulfide) groups is 1. The van der Waals surface area contributed by atoms with Crippen LogP contribution in [0.2, 0.25) is 0 Å². The summed E-state index contributed by atoms with van der Waals surface area (Å²) in [6, 6.07) is 21.2. The molecular weight excluding hydrogens is 438 g/mol. The molecule has 0 saturated heterocycles. The molecule has 33 heavy (non-hydrogen) atoms. The van der Waals surface area contributed by atoms with E-state index < -0.39 is 0 Å². The molecule has 1 heterocycles. The number of carbonyl (C=O) groups excluding carboxylic acids is 3. The molecule has 3 aromatic carbocycles. The van der Waals surface area contributed by atoms with Gasteiger partial charge in [0.05, 0.1) is 12.2 Å². The number of anilines is 1. The van der Waals surface area contributed by atoms with E-state index in [-0.39, 0.29) is 28.8 Å². The number of amides is 1. The van der Waals surface area contributed by atoms with Crippen LogP contribution in [0.15, 0.2) is 82.4 Å². The molecule has 0 fully saturated rings. The standard InChI is InChI=1S/C25H17N3O4S/c29-21(14-33-25-28-27-22(32-25)12-15-6-2-1-3-7-15)26-16-10-11-19-20(13-16)24(31)18-9-5-4-8-17(18)23(19)30/h1-11,13H,12,14H2,(H,26,29). The lowest BCUT2D eigenvalue weighted by Crippen LogP contribution is -2.21. The van der Waals surface area contributed by atoms with Crippen LogP contribution in [0.5, 0.6) is 0 Å². The largest absolute Gasteiger partial charge is 0.416 e. The Hall–Kier alpha value is -4.04. The molecule has 1 amide bonds. The van der Waals surface area contributed by atoms with Crippen LogP contribution in [0.1, 0.15) is 43.3 Å². The van der Waals surface area contributed by atoms with Crippen LogP contribution in [-0.4, -0.2) is 33.4 Å². The minimum absolute atomic E-state index is 0.0553. The monoisotopic (exact) mass is 455 g/mol. The number of aromatic nitrogens is 2. The summed E-state index contributed by atoms with van der Waals surface area (Å²) >= 11 is 1.13. The summed E-state index contributed by atoms with van der Waals surface area (Å²) < 4.78 is 5.60. The Morgan fingerprint density at radius 3 is 2.24 bits per heavy atom. The highest BCUT2D eigenvalue weighted by atomic mass is 32.2. The zero-order chi connectivity index (χ0) is 22.8. The van der Waals surface area contributed by atoms with Gasteiger partial charge >= 0.3 is 0 Å². The van der Waals surface area contributed by atoms with Crippen molar-refractivity contribution in [2.24, 2.45) is 0 Å². The van der Waals surface area contributed by atoms with Crippen LogP contribution in [0.25, 0.3) is 0 Å². The molecule has 4 aromatic rings. The quantitative estimate of drug-likeness (QED) is 0.384. The van der Waals surface area contributed by atoms with Gasteiger partial charge in [0.2, 0.25) is 11.8 Å². The van der Waals surface area contributed by atoms with Crippen molar-refractivity contribution in [2.45, 2.75) is 11.6 Å². The van der Waals surface area contributed by atoms with Gasteiger partial charge in [-0.3, -0.25) is 14.4 Å². The number of nitrogens with zero attached hydrogens (tertiary/aromatic N) is 2. The van der Waals surface area contributed by atoms with Crippen molar-refractivity contribution in [3.05, 3.63) is 107 Å². The SMILES string of the molecule is O=C(CSc1nnc(Cc2ccccc2)o1)Nc1ccc2c(c1)C(=O)c1ccccc1C2=O. The van der Waals surface area contributed by atoms with Gasteiger partial charge in [-0.1, -0.05) is 66.4 Å². The number of fused-ring (bicyclic) bond motifs is 2. The summed E-state index contributed by atoms with van der Waals surface area (Å²) in [6.45, 7) is 0. The smallest absolute Gasteiger partial charge is 0.277 e. The van der Waals surface area contributed by atoms with E-state index >= 15 is 0 Å². The Labute approximate surface area is 193 Å². The summed E-state index contributed by atoms with van der Waals surface area (Å²) in [5, 5.41) is 11.0. The van der Waals surface area contributed by atoms with Gasteiger partial charge in [0.15, 0.2) is 11.6 Å². The van der Waals surface area contributed by atoms with Crippen molar-refractivity contribution in [2.75, 3.05) is 11.1 Å². The number of carbonyl (C=O) groups is 3. The molecule has 0 bridgehead atoms. The van der Waals surface area contributed by atoms with Crippen molar-refractivity contribution in [3.8, 4) is 0 Å². The lowest BCUT2D eigenvalue weighted by molar-refractivity contribution is -0.113.